The Morgan fingerprint density at radius 3 is 2.61 bits per heavy atom. The van der Waals surface area contributed by atoms with E-state index in [0.29, 0.717) is 6.61 Å². The Morgan fingerprint density at radius 1 is 1.00 bits per heavy atom. The lowest BCUT2D eigenvalue weighted by atomic mass is 10.1. The van der Waals surface area contributed by atoms with Crippen LogP contribution in [0.5, 0.6) is 5.75 Å². The Kier molecular flexibility index (Phi) is 3.86. The Morgan fingerprint density at radius 2 is 1.83 bits per heavy atom. The summed E-state index contributed by atoms with van der Waals surface area (Å²) >= 11 is 0. The predicted molar refractivity (Wildman–Crippen MR) is 90.3 cm³/mol. The lowest BCUT2D eigenvalue weighted by Gasteiger charge is -2.09. The van der Waals surface area contributed by atoms with Gasteiger partial charge in [0.05, 0.1) is 0 Å². The van der Waals surface area contributed by atoms with Gasteiger partial charge < -0.3 is 14.5 Å². The molecule has 1 aliphatic rings. The standard InChI is InChI=1S/C20H19NO2/c1-2-4-15(5-3-1)14-22-18-8-6-16(7-9-18)20-12-17-13-21-11-10-19(17)23-20/h1-9,12,21H,10-11,13-14H2. The minimum atomic E-state index is 0.584. The molecule has 2 heterocycles. The molecule has 1 aliphatic heterocycles. The third kappa shape index (κ3) is 3.15. The molecule has 2 aromatic carbocycles. The molecule has 0 saturated carbocycles. The van der Waals surface area contributed by atoms with Crippen molar-refractivity contribution in [1.82, 2.24) is 5.32 Å². The van der Waals surface area contributed by atoms with Crippen molar-refractivity contribution in [2.45, 2.75) is 19.6 Å². The number of nitrogens with one attached hydrogen (secondary N) is 1. The van der Waals surface area contributed by atoms with E-state index in [0.717, 1.165) is 42.3 Å². The zero-order chi connectivity index (χ0) is 15.5. The molecule has 0 amide bonds. The number of hydrogen-bond donors (Lipinski definition) is 1. The fourth-order valence-electron chi connectivity index (χ4n) is 2.85. The van der Waals surface area contributed by atoms with Gasteiger partial charge in [-0.2, -0.15) is 0 Å². The maximum atomic E-state index is 5.98. The lowest BCUT2D eigenvalue weighted by Crippen LogP contribution is -2.22. The van der Waals surface area contributed by atoms with E-state index >= 15 is 0 Å². The molecule has 0 bridgehead atoms. The summed E-state index contributed by atoms with van der Waals surface area (Å²) in [5.74, 6) is 2.92. The second-order valence-corrected chi connectivity index (χ2v) is 5.78. The fourth-order valence-corrected chi connectivity index (χ4v) is 2.85. The molecular weight excluding hydrogens is 286 g/mol. The van der Waals surface area contributed by atoms with Crippen LogP contribution in [0.2, 0.25) is 0 Å². The van der Waals surface area contributed by atoms with Crippen molar-refractivity contribution in [1.29, 1.82) is 0 Å². The molecule has 0 atom stereocenters. The molecule has 0 spiro atoms. The van der Waals surface area contributed by atoms with E-state index in [1.807, 2.05) is 30.3 Å². The molecule has 4 rings (SSSR count). The van der Waals surface area contributed by atoms with Crippen LogP contribution in [-0.2, 0) is 19.6 Å². The van der Waals surface area contributed by atoms with Gasteiger partial charge in [0.25, 0.3) is 0 Å². The zero-order valence-electron chi connectivity index (χ0n) is 12.9. The first-order valence-electron chi connectivity index (χ1n) is 7.98. The highest BCUT2D eigenvalue weighted by Crippen LogP contribution is 2.29. The quantitative estimate of drug-likeness (QED) is 0.785. The molecule has 116 valence electrons. The second kappa shape index (κ2) is 6.31. The van der Waals surface area contributed by atoms with Crippen LogP contribution < -0.4 is 10.1 Å². The third-order valence-corrected chi connectivity index (χ3v) is 4.13. The highest BCUT2D eigenvalue weighted by atomic mass is 16.5. The van der Waals surface area contributed by atoms with Crippen molar-refractivity contribution in [3.63, 3.8) is 0 Å². The van der Waals surface area contributed by atoms with Crippen molar-refractivity contribution >= 4 is 0 Å². The third-order valence-electron chi connectivity index (χ3n) is 4.13. The van der Waals surface area contributed by atoms with Gasteiger partial charge in [-0.15, -0.1) is 0 Å². The van der Waals surface area contributed by atoms with Crippen LogP contribution >= 0.6 is 0 Å². The number of hydrogen-bond acceptors (Lipinski definition) is 3. The number of rotatable bonds is 4. The molecule has 3 nitrogen and oxygen atoms in total. The molecule has 1 aromatic heterocycles. The molecular formula is C20H19NO2. The van der Waals surface area contributed by atoms with Gasteiger partial charge in [0.1, 0.15) is 23.9 Å². The highest BCUT2D eigenvalue weighted by molar-refractivity contribution is 5.60. The van der Waals surface area contributed by atoms with Crippen LogP contribution in [0.3, 0.4) is 0 Å². The minimum Gasteiger partial charge on any atom is -0.489 e. The summed E-state index contributed by atoms with van der Waals surface area (Å²) in [7, 11) is 0. The normalized spacial score (nSPS) is 13.6. The number of furan rings is 1. The molecule has 0 fully saturated rings. The number of fused-ring (bicyclic) bond motifs is 1. The van der Waals surface area contributed by atoms with Crippen molar-refractivity contribution in [3.8, 4) is 17.1 Å². The van der Waals surface area contributed by atoms with Crippen molar-refractivity contribution in [2.24, 2.45) is 0 Å². The second-order valence-electron chi connectivity index (χ2n) is 5.78. The Labute approximate surface area is 135 Å². The van der Waals surface area contributed by atoms with Crippen LogP contribution in [0, 0.1) is 0 Å². The maximum Gasteiger partial charge on any atom is 0.134 e. The SMILES string of the molecule is c1ccc(COc2ccc(-c3cc4c(o3)CCNC4)cc2)cc1. The summed E-state index contributed by atoms with van der Waals surface area (Å²) in [5.41, 5.74) is 3.53. The van der Waals surface area contributed by atoms with Gasteiger partial charge in [-0.1, -0.05) is 30.3 Å². The molecule has 0 saturated heterocycles. The Bertz CT molecular complexity index is 752. The Balaban J connectivity index is 1.46. The van der Waals surface area contributed by atoms with E-state index < -0.39 is 0 Å². The molecule has 0 aliphatic carbocycles. The average Bonchev–Trinajstić information content (AvgIpc) is 3.05. The van der Waals surface area contributed by atoms with Crippen molar-refractivity contribution < 1.29 is 9.15 Å². The molecule has 1 N–H and O–H groups in total. The number of ether oxygens (including phenoxy) is 1. The number of benzene rings is 2. The average molecular weight is 305 g/mol. The van der Waals surface area contributed by atoms with Gasteiger partial charge in [0.15, 0.2) is 0 Å². The summed E-state index contributed by atoms with van der Waals surface area (Å²) in [6.45, 7) is 2.48. The van der Waals surface area contributed by atoms with E-state index in [1.54, 1.807) is 0 Å². The van der Waals surface area contributed by atoms with Crippen molar-refractivity contribution in [2.75, 3.05) is 6.54 Å². The monoisotopic (exact) mass is 305 g/mol. The minimum absolute atomic E-state index is 0.584. The zero-order valence-corrected chi connectivity index (χ0v) is 12.9. The first-order chi connectivity index (χ1) is 11.4. The summed E-state index contributed by atoms with van der Waals surface area (Å²) in [6, 6.07) is 20.4. The first kappa shape index (κ1) is 14.1. The maximum absolute atomic E-state index is 5.98. The molecule has 0 unspecified atom stereocenters. The van der Waals surface area contributed by atoms with Gasteiger partial charge in [0.2, 0.25) is 0 Å². The predicted octanol–water partition coefficient (Wildman–Crippen LogP) is 4.17. The molecule has 0 radical (unpaired) electrons. The van der Waals surface area contributed by atoms with E-state index in [1.165, 1.54) is 11.1 Å². The van der Waals surface area contributed by atoms with E-state index in [-0.39, 0.29) is 0 Å². The molecule has 3 aromatic rings. The van der Waals surface area contributed by atoms with Crippen LogP contribution in [0.4, 0.5) is 0 Å². The summed E-state index contributed by atoms with van der Waals surface area (Å²) in [4.78, 5) is 0. The van der Waals surface area contributed by atoms with E-state index in [4.69, 9.17) is 9.15 Å². The van der Waals surface area contributed by atoms with Gasteiger partial charge in [-0.3, -0.25) is 0 Å². The van der Waals surface area contributed by atoms with Gasteiger partial charge in [-0.05, 0) is 35.9 Å². The topological polar surface area (TPSA) is 34.4 Å². The van der Waals surface area contributed by atoms with Crippen LogP contribution in [0.15, 0.2) is 65.1 Å². The Hall–Kier alpha value is -2.52. The highest BCUT2D eigenvalue weighted by Gasteiger charge is 2.15. The molecule has 3 heteroatoms. The van der Waals surface area contributed by atoms with Crippen LogP contribution in [-0.4, -0.2) is 6.54 Å². The van der Waals surface area contributed by atoms with Gasteiger partial charge in [0, 0.05) is 30.6 Å². The smallest absolute Gasteiger partial charge is 0.134 e. The van der Waals surface area contributed by atoms with Crippen LogP contribution in [0.1, 0.15) is 16.9 Å². The van der Waals surface area contributed by atoms with Gasteiger partial charge in [-0.25, -0.2) is 0 Å². The first-order valence-corrected chi connectivity index (χ1v) is 7.98. The van der Waals surface area contributed by atoms with Crippen LogP contribution in [0.25, 0.3) is 11.3 Å². The summed E-state index contributed by atoms with van der Waals surface area (Å²) in [6.07, 6.45) is 0.966. The lowest BCUT2D eigenvalue weighted by molar-refractivity contribution is 0.306. The van der Waals surface area contributed by atoms with E-state index in [9.17, 15) is 0 Å². The summed E-state index contributed by atoms with van der Waals surface area (Å²) < 4.78 is 11.8. The molecule has 23 heavy (non-hydrogen) atoms. The summed E-state index contributed by atoms with van der Waals surface area (Å²) in [5, 5.41) is 3.37. The van der Waals surface area contributed by atoms with Gasteiger partial charge >= 0.3 is 0 Å². The fraction of sp³-hybridized carbons (Fsp3) is 0.200. The van der Waals surface area contributed by atoms with Crippen molar-refractivity contribution in [3.05, 3.63) is 77.6 Å². The van der Waals surface area contributed by atoms with E-state index in [2.05, 4.69) is 35.6 Å². The largest absolute Gasteiger partial charge is 0.489 e.